The van der Waals surface area contributed by atoms with Crippen molar-refractivity contribution >= 4 is 23.7 Å². The Morgan fingerprint density at radius 2 is 2.11 bits per heavy atom. The third-order valence-electron chi connectivity index (χ3n) is 3.86. The molecule has 156 valence electrons. The van der Waals surface area contributed by atoms with Gasteiger partial charge < -0.3 is 24.3 Å². The highest BCUT2D eigenvalue weighted by molar-refractivity contribution is 6.30. The van der Waals surface area contributed by atoms with Gasteiger partial charge in [-0.3, -0.25) is 0 Å². The lowest BCUT2D eigenvalue weighted by Gasteiger charge is -2.24. The third kappa shape index (κ3) is 7.16. The van der Waals surface area contributed by atoms with Gasteiger partial charge in [-0.05, 0) is 45.7 Å². The van der Waals surface area contributed by atoms with Gasteiger partial charge in [-0.25, -0.2) is 14.6 Å². The van der Waals surface area contributed by atoms with Crippen LogP contribution in [0.1, 0.15) is 45.7 Å². The van der Waals surface area contributed by atoms with Crippen molar-refractivity contribution in [2.45, 2.75) is 64.4 Å². The molecule has 0 saturated carbocycles. The van der Waals surface area contributed by atoms with Crippen LogP contribution < -0.4 is 10.1 Å². The summed E-state index contributed by atoms with van der Waals surface area (Å²) in [6, 6.07) is 2.39. The fraction of sp³-hybridized carbons (Fsp3) is 0.632. The lowest BCUT2D eigenvalue weighted by Crippen LogP contribution is -2.45. The largest absolute Gasteiger partial charge is 0.467 e. The maximum absolute atomic E-state index is 12.0. The molecule has 9 heteroatoms. The van der Waals surface area contributed by atoms with Crippen LogP contribution in [0.2, 0.25) is 5.15 Å². The van der Waals surface area contributed by atoms with Crippen LogP contribution in [0.3, 0.4) is 0 Å². The number of methoxy groups -OCH3 is 1. The molecule has 0 radical (unpaired) electrons. The molecule has 2 rings (SSSR count). The van der Waals surface area contributed by atoms with Gasteiger partial charge in [0.05, 0.1) is 13.7 Å². The van der Waals surface area contributed by atoms with Crippen molar-refractivity contribution in [2.24, 2.45) is 0 Å². The number of aromatic nitrogens is 1. The van der Waals surface area contributed by atoms with E-state index in [0.717, 1.165) is 19.3 Å². The van der Waals surface area contributed by atoms with Gasteiger partial charge in [0.15, 0.2) is 17.2 Å². The Balaban J connectivity index is 2.03. The second-order valence-electron chi connectivity index (χ2n) is 7.43. The maximum Gasteiger partial charge on any atom is 0.408 e. The Bertz CT molecular complexity index is 685. The number of alkyl carbamates (subject to hydrolysis) is 1. The highest BCUT2D eigenvalue weighted by Crippen LogP contribution is 2.26. The van der Waals surface area contributed by atoms with E-state index in [4.69, 9.17) is 30.5 Å². The van der Waals surface area contributed by atoms with Gasteiger partial charge in [0.1, 0.15) is 11.6 Å². The van der Waals surface area contributed by atoms with Crippen LogP contribution in [0, 0.1) is 0 Å². The molecule has 2 atom stereocenters. The summed E-state index contributed by atoms with van der Waals surface area (Å²) in [5.74, 6) is -0.202. The van der Waals surface area contributed by atoms with E-state index in [9.17, 15) is 9.59 Å². The lowest BCUT2D eigenvalue weighted by atomic mass is 10.1. The number of ether oxygens (including phenoxy) is 4. The zero-order chi connectivity index (χ0) is 20.7. The Labute approximate surface area is 169 Å². The summed E-state index contributed by atoms with van der Waals surface area (Å²) >= 11 is 6.22. The molecule has 0 spiro atoms. The lowest BCUT2D eigenvalue weighted by molar-refractivity contribution is -0.143. The molecule has 1 aromatic rings. The first kappa shape index (κ1) is 22.2. The highest BCUT2D eigenvalue weighted by Gasteiger charge is 2.26. The molecule has 1 aliphatic rings. The Morgan fingerprint density at radius 3 is 2.68 bits per heavy atom. The first-order valence-electron chi connectivity index (χ1n) is 9.19. The number of hydrogen-bond acceptors (Lipinski definition) is 7. The predicted octanol–water partition coefficient (Wildman–Crippen LogP) is 3.25. The summed E-state index contributed by atoms with van der Waals surface area (Å²) in [4.78, 5) is 28.3. The molecule has 0 aliphatic carbocycles. The van der Waals surface area contributed by atoms with Gasteiger partial charge in [-0.15, -0.1) is 0 Å². The van der Waals surface area contributed by atoms with Crippen molar-refractivity contribution in [2.75, 3.05) is 13.7 Å². The number of hydrogen-bond donors (Lipinski definition) is 1. The molecule has 0 bridgehead atoms. The van der Waals surface area contributed by atoms with E-state index >= 15 is 0 Å². The van der Waals surface area contributed by atoms with Crippen LogP contribution in [0.5, 0.6) is 5.75 Å². The monoisotopic (exact) mass is 414 g/mol. The molecule has 1 amide bonds. The van der Waals surface area contributed by atoms with Crippen LogP contribution in [0.4, 0.5) is 4.79 Å². The topological polar surface area (TPSA) is 96.0 Å². The third-order valence-corrected chi connectivity index (χ3v) is 4.13. The van der Waals surface area contributed by atoms with Gasteiger partial charge in [-0.2, -0.15) is 0 Å². The van der Waals surface area contributed by atoms with Crippen LogP contribution in [-0.4, -0.2) is 48.7 Å². The number of amides is 1. The number of carbonyl (C=O) groups is 2. The summed E-state index contributed by atoms with van der Waals surface area (Å²) in [7, 11) is 1.24. The molecular formula is C19H27ClN2O6. The standard InChI is InChI=1S/C19H27ClN2O6/c1-19(2,3)28-18(24)22-13(17(23)25-4)11-12-8-9-14(16(20)21-12)27-15-7-5-6-10-26-15/h8-9,13,15H,5-7,10-11H2,1-4H3,(H,22,24)/t13?,15-/m0/s1. The van der Waals surface area contributed by atoms with E-state index in [1.807, 2.05) is 0 Å². The molecular weight excluding hydrogens is 388 g/mol. The number of nitrogens with zero attached hydrogens (tertiary/aromatic N) is 1. The minimum atomic E-state index is -0.961. The van der Waals surface area contributed by atoms with Crippen LogP contribution in [-0.2, 0) is 25.4 Å². The normalized spacial score (nSPS) is 18.1. The van der Waals surface area contributed by atoms with Crippen LogP contribution >= 0.6 is 11.6 Å². The SMILES string of the molecule is COC(=O)C(Cc1ccc(O[C@H]2CCCCO2)c(Cl)n1)NC(=O)OC(C)(C)C. The molecule has 1 aliphatic heterocycles. The quantitative estimate of drug-likeness (QED) is 0.563. The zero-order valence-corrected chi connectivity index (χ0v) is 17.4. The molecule has 2 heterocycles. The van der Waals surface area contributed by atoms with Gasteiger partial charge in [0.2, 0.25) is 0 Å². The summed E-state index contributed by atoms with van der Waals surface area (Å²) < 4.78 is 21.2. The van der Waals surface area contributed by atoms with E-state index in [1.165, 1.54) is 7.11 Å². The van der Waals surface area contributed by atoms with Crippen LogP contribution in [0.25, 0.3) is 0 Å². The number of halogens is 1. The predicted molar refractivity (Wildman–Crippen MR) is 102 cm³/mol. The Kier molecular flexibility index (Phi) is 7.88. The minimum absolute atomic E-state index is 0.0891. The summed E-state index contributed by atoms with van der Waals surface area (Å²) in [6.45, 7) is 5.85. The summed E-state index contributed by atoms with van der Waals surface area (Å²) in [5.41, 5.74) is -0.194. The fourth-order valence-electron chi connectivity index (χ4n) is 2.60. The van der Waals surface area contributed by atoms with E-state index in [0.29, 0.717) is 18.1 Å². The molecule has 1 aromatic heterocycles. The molecule has 1 saturated heterocycles. The number of pyridine rings is 1. The molecule has 1 unspecified atom stereocenters. The zero-order valence-electron chi connectivity index (χ0n) is 16.6. The van der Waals surface area contributed by atoms with Gasteiger partial charge in [-0.1, -0.05) is 11.6 Å². The average Bonchev–Trinajstić information content (AvgIpc) is 2.62. The maximum atomic E-state index is 12.0. The fourth-order valence-corrected chi connectivity index (χ4v) is 2.82. The Morgan fingerprint density at radius 1 is 1.36 bits per heavy atom. The highest BCUT2D eigenvalue weighted by atomic mass is 35.5. The smallest absolute Gasteiger partial charge is 0.408 e. The van der Waals surface area contributed by atoms with E-state index in [2.05, 4.69) is 10.3 Å². The number of nitrogens with one attached hydrogen (secondary N) is 1. The van der Waals surface area contributed by atoms with Gasteiger partial charge in [0, 0.05) is 18.5 Å². The second kappa shape index (κ2) is 9.93. The second-order valence-corrected chi connectivity index (χ2v) is 7.79. The van der Waals surface area contributed by atoms with Crippen molar-refractivity contribution in [3.8, 4) is 5.75 Å². The summed E-state index contributed by atoms with van der Waals surface area (Å²) in [5, 5.41) is 2.66. The Hall–Kier alpha value is -2.06. The summed E-state index contributed by atoms with van der Waals surface area (Å²) in [6.07, 6.45) is 1.88. The molecule has 0 aromatic carbocycles. The van der Waals surface area contributed by atoms with Crippen molar-refractivity contribution in [3.05, 3.63) is 23.0 Å². The van der Waals surface area contributed by atoms with Crippen molar-refractivity contribution in [3.63, 3.8) is 0 Å². The van der Waals surface area contributed by atoms with Crippen LogP contribution in [0.15, 0.2) is 12.1 Å². The average molecular weight is 415 g/mol. The van der Waals surface area contributed by atoms with E-state index < -0.39 is 23.7 Å². The van der Waals surface area contributed by atoms with Crippen molar-refractivity contribution < 1.29 is 28.5 Å². The molecule has 1 fully saturated rings. The van der Waals surface area contributed by atoms with E-state index in [1.54, 1.807) is 32.9 Å². The minimum Gasteiger partial charge on any atom is -0.467 e. The first-order valence-corrected chi connectivity index (χ1v) is 9.57. The molecule has 8 nitrogen and oxygen atoms in total. The van der Waals surface area contributed by atoms with Gasteiger partial charge in [0.25, 0.3) is 0 Å². The van der Waals surface area contributed by atoms with Crippen molar-refractivity contribution in [1.29, 1.82) is 0 Å². The van der Waals surface area contributed by atoms with Gasteiger partial charge >= 0.3 is 12.1 Å². The molecule has 28 heavy (non-hydrogen) atoms. The number of carbonyl (C=O) groups excluding carboxylic acids is 2. The first-order chi connectivity index (χ1) is 13.2. The van der Waals surface area contributed by atoms with Crippen molar-refractivity contribution in [1.82, 2.24) is 10.3 Å². The number of esters is 1. The number of rotatable bonds is 6. The van der Waals surface area contributed by atoms with E-state index in [-0.39, 0.29) is 17.9 Å². The molecule has 1 N–H and O–H groups in total.